The molecule has 0 aromatic heterocycles. The summed E-state index contributed by atoms with van der Waals surface area (Å²) in [5.41, 5.74) is 0.930. The van der Waals surface area contributed by atoms with Crippen LogP contribution in [-0.2, 0) is 20.9 Å². The molecular formula is C22H33N3O5. The van der Waals surface area contributed by atoms with Crippen LogP contribution < -0.4 is 14.8 Å². The first-order valence-corrected chi connectivity index (χ1v) is 10.6. The molecule has 2 fully saturated rings. The second-order valence-electron chi connectivity index (χ2n) is 7.96. The summed E-state index contributed by atoms with van der Waals surface area (Å²) in [6, 6.07) is 5.21. The third-order valence-corrected chi connectivity index (χ3v) is 5.97. The second kappa shape index (κ2) is 10.6. The minimum atomic E-state index is -0.501. The Morgan fingerprint density at radius 3 is 2.73 bits per heavy atom. The molecular weight excluding hydrogens is 386 g/mol. The van der Waals surface area contributed by atoms with E-state index in [4.69, 9.17) is 14.2 Å². The van der Waals surface area contributed by atoms with Gasteiger partial charge in [0.2, 0.25) is 11.8 Å². The summed E-state index contributed by atoms with van der Waals surface area (Å²) in [7, 11) is 5.04. The lowest BCUT2D eigenvalue weighted by atomic mass is 9.99. The number of methoxy groups -OCH3 is 2. The highest BCUT2D eigenvalue weighted by Crippen LogP contribution is 2.32. The van der Waals surface area contributed by atoms with Crippen molar-refractivity contribution in [1.82, 2.24) is 15.1 Å². The Morgan fingerprint density at radius 1 is 1.27 bits per heavy atom. The van der Waals surface area contributed by atoms with Crippen molar-refractivity contribution in [1.29, 1.82) is 0 Å². The minimum absolute atomic E-state index is 0.00820. The van der Waals surface area contributed by atoms with Crippen LogP contribution >= 0.6 is 0 Å². The van der Waals surface area contributed by atoms with E-state index in [1.807, 2.05) is 25.2 Å². The third kappa shape index (κ3) is 5.43. The zero-order chi connectivity index (χ0) is 21.5. The Kier molecular flexibility index (Phi) is 7.93. The molecule has 1 aromatic carbocycles. The SMILES string of the molecule is COc1cccc(CN2CCNC(=O)[C@@H]2CC(=O)N(C)CC2CCOCC2)c1OC. The average Bonchev–Trinajstić information content (AvgIpc) is 2.76. The zero-order valence-electron chi connectivity index (χ0n) is 18.2. The molecule has 2 aliphatic heterocycles. The lowest BCUT2D eigenvalue weighted by Gasteiger charge is -2.36. The number of hydrogen-bond acceptors (Lipinski definition) is 6. The van der Waals surface area contributed by atoms with Crippen molar-refractivity contribution in [3.63, 3.8) is 0 Å². The molecule has 2 heterocycles. The molecule has 0 aliphatic carbocycles. The van der Waals surface area contributed by atoms with Crippen LogP contribution in [0.25, 0.3) is 0 Å². The number of piperazine rings is 1. The van der Waals surface area contributed by atoms with Gasteiger partial charge in [0, 0.05) is 52.0 Å². The van der Waals surface area contributed by atoms with Gasteiger partial charge in [-0.3, -0.25) is 14.5 Å². The van der Waals surface area contributed by atoms with E-state index in [0.717, 1.165) is 31.6 Å². The average molecular weight is 420 g/mol. The highest BCUT2D eigenvalue weighted by molar-refractivity contribution is 5.88. The summed E-state index contributed by atoms with van der Waals surface area (Å²) >= 11 is 0. The molecule has 0 unspecified atom stereocenters. The summed E-state index contributed by atoms with van der Waals surface area (Å²) in [5, 5.41) is 2.90. The van der Waals surface area contributed by atoms with Crippen LogP contribution in [0, 0.1) is 5.92 Å². The van der Waals surface area contributed by atoms with Gasteiger partial charge in [0.1, 0.15) is 0 Å². The van der Waals surface area contributed by atoms with E-state index >= 15 is 0 Å². The molecule has 0 bridgehead atoms. The maximum Gasteiger partial charge on any atom is 0.237 e. The van der Waals surface area contributed by atoms with E-state index in [2.05, 4.69) is 10.2 Å². The molecule has 30 heavy (non-hydrogen) atoms. The highest BCUT2D eigenvalue weighted by atomic mass is 16.5. The van der Waals surface area contributed by atoms with Crippen molar-refractivity contribution in [2.24, 2.45) is 5.92 Å². The number of ether oxygens (including phenoxy) is 3. The summed E-state index contributed by atoms with van der Waals surface area (Å²) in [6.07, 6.45) is 2.12. The topological polar surface area (TPSA) is 80.3 Å². The minimum Gasteiger partial charge on any atom is -0.493 e. The van der Waals surface area contributed by atoms with Crippen molar-refractivity contribution in [2.45, 2.75) is 31.8 Å². The zero-order valence-corrected chi connectivity index (χ0v) is 18.2. The van der Waals surface area contributed by atoms with Crippen LogP contribution in [0.2, 0.25) is 0 Å². The maximum absolute atomic E-state index is 12.9. The van der Waals surface area contributed by atoms with E-state index in [1.165, 1.54) is 0 Å². The van der Waals surface area contributed by atoms with Gasteiger partial charge >= 0.3 is 0 Å². The maximum atomic E-state index is 12.9. The van der Waals surface area contributed by atoms with Gasteiger partial charge in [-0.15, -0.1) is 0 Å². The fraction of sp³-hybridized carbons (Fsp3) is 0.636. The second-order valence-corrected chi connectivity index (χ2v) is 7.96. The molecule has 2 amide bonds. The number of nitrogens with zero attached hydrogens (tertiary/aromatic N) is 2. The van der Waals surface area contributed by atoms with Gasteiger partial charge in [-0.2, -0.15) is 0 Å². The third-order valence-electron chi connectivity index (χ3n) is 5.97. The lowest BCUT2D eigenvalue weighted by molar-refractivity contribution is -0.138. The Balaban J connectivity index is 1.67. The molecule has 2 aliphatic rings. The van der Waals surface area contributed by atoms with Crippen LogP contribution in [0.5, 0.6) is 11.5 Å². The lowest BCUT2D eigenvalue weighted by Crippen LogP contribution is -2.56. The molecule has 0 radical (unpaired) electrons. The van der Waals surface area contributed by atoms with Gasteiger partial charge in [0.05, 0.1) is 26.7 Å². The molecule has 3 rings (SSSR count). The number of benzene rings is 1. The highest BCUT2D eigenvalue weighted by Gasteiger charge is 2.33. The smallest absolute Gasteiger partial charge is 0.237 e. The molecule has 166 valence electrons. The van der Waals surface area contributed by atoms with E-state index < -0.39 is 6.04 Å². The van der Waals surface area contributed by atoms with Gasteiger partial charge in [0.15, 0.2) is 11.5 Å². The largest absolute Gasteiger partial charge is 0.493 e. The van der Waals surface area contributed by atoms with Crippen LogP contribution in [0.3, 0.4) is 0 Å². The molecule has 8 nitrogen and oxygen atoms in total. The molecule has 1 atom stereocenters. The summed E-state index contributed by atoms with van der Waals surface area (Å²) in [6.45, 7) is 3.97. The Morgan fingerprint density at radius 2 is 2.03 bits per heavy atom. The molecule has 2 saturated heterocycles. The van der Waals surface area contributed by atoms with E-state index in [1.54, 1.807) is 19.1 Å². The van der Waals surface area contributed by atoms with Crippen molar-refractivity contribution < 1.29 is 23.8 Å². The van der Waals surface area contributed by atoms with Gasteiger partial charge < -0.3 is 24.4 Å². The number of amides is 2. The van der Waals surface area contributed by atoms with Gasteiger partial charge in [-0.05, 0) is 24.8 Å². The molecule has 1 aromatic rings. The van der Waals surface area contributed by atoms with E-state index in [9.17, 15) is 9.59 Å². The van der Waals surface area contributed by atoms with E-state index in [-0.39, 0.29) is 18.2 Å². The number of nitrogens with one attached hydrogen (secondary N) is 1. The standard InChI is InChI=1S/C22H33N3O5/c1-24(14-16-7-11-30-12-8-16)20(26)13-18-22(27)23-9-10-25(18)15-17-5-4-6-19(28-2)21(17)29-3/h4-6,16,18H,7-15H2,1-3H3,(H,23,27)/t18-/m0/s1. The fourth-order valence-electron chi connectivity index (χ4n) is 4.21. The summed E-state index contributed by atoms with van der Waals surface area (Å²) in [5.74, 6) is 1.67. The Bertz CT molecular complexity index is 735. The first-order chi connectivity index (χ1) is 14.5. The van der Waals surface area contributed by atoms with Crippen molar-refractivity contribution >= 4 is 11.8 Å². The van der Waals surface area contributed by atoms with Gasteiger partial charge in [0.25, 0.3) is 0 Å². The monoisotopic (exact) mass is 419 g/mol. The molecule has 0 saturated carbocycles. The summed E-state index contributed by atoms with van der Waals surface area (Å²) < 4.78 is 16.3. The quantitative estimate of drug-likeness (QED) is 0.684. The van der Waals surface area contributed by atoms with Crippen LogP contribution in [0.4, 0.5) is 0 Å². The van der Waals surface area contributed by atoms with Crippen molar-refractivity contribution in [3.8, 4) is 11.5 Å². The predicted molar refractivity (Wildman–Crippen MR) is 113 cm³/mol. The molecule has 8 heteroatoms. The first kappa shape index (κ1) is 22.4. The van der Waals surface area contributed by atoms with Crippen molar-refractivity contribution in [3.05, 3.63) is 23.8 Å². The molecule has 1 N–H and O–H groups in total. The van der Waals surface area contributed by atoms with Crippen LogP contribution in [0.15, 0.2) is 18.2 Å². The van der Waals surface area contributed by atoms with Gasteiger partial charge in [-0.25, -0.2) is 0 Å². The fourth-order valence-corrected chi connectivity index (χ4v) is 4.21. The normalized spacial score (nSPS) is 20.5. The van der Waals surface area contributed by atoms with Gasteiger partial charge in [-0.1, -0.05) is 12.1 Å². The number of carbonyl (C=O) groups excluding carboxylic acids is 2. The first-order valence-electron chi connectivity index (χ1n) is 10.6. The predicted octanol–water partition coefficient (Wildman–Crippen LogP) is 1.28. The number of rotatable bonds is 8. The van der Waals surface area contributed by atoms with Crippen molar-refractivity contribution in [2.75, 3.05) is 54.1 Å². The summed E-state index contributed by atoms with van der Waals surface area (Å²) in [4.78, 5) is 29.3. The number of para-hydroxylation sites is 1. The van der Waals surface area contributed by atoms with Crippen LogP contribution in [-0.4, -0.2) is 81.8 Å². The van der Waals surface area contributed by atoms with E-state index in [0.29, 0.717) is 43.6 Å². The Labute approximate surface area is 178 Å². The number of hydrogen-bond donors (Lipinski definition) is 1. The number of carbonyl (C=O) groups is 2. The van der Waals surface area contributed by atoms with Crippen LogP contribution in [0.1, 0.15) is 24.8 Å². The molecule has 0 spiro atoms. The Hall–Kier alpha value is -2.32.